The van der Waals surface area contributed by atoms with Crippen molar-refractivity contribution in [1.82, 2.24) is 9.78 Å². The third-order valence-electron chi connectivity index (χ3n) is 3.13. The molecule has 1 N–H and O–H groups in total. The number of aryl methyl sites for hydroxylation is 1. The fourth-order valence-corrected chi connectivity index (χ4v) is 2.58. The van der Waals surface area contributed by atoms with E-state index in [1.165, 1.54) is 0 Å². The molecule has 1 aromatic heterocycles. The van der Waals surface area contributed by atoms with Crippen molar-refractivity contribution in [2.45, 2.75) is 39.3 Å². The highest BCUT2D eigenvalue weighted by atomic mass is 79.9. The van der Waals surface area contributed by atoms with Crippen LogP contribution in [-0.4, -0.2) is 14.9 Å². The van der Waals surface area contributed by atoms with Gasteiger partial charge in [-0.25, -0.2) is 0 Å². The molecule has 3 unspecified atom stereocenters. The third-order valence-corrected chi connectivity index (χ3v) is 3.74. The normalized spacial score (nSPS) is 26.7. The largest absolute Gasteiger partial charge is 0.386 e. The highest BCUT2D eigenvalue weighted by Gasteiger charge is 2.41. The lowest BCUT2D eigenvalue weighted by molar-refractivity contribution is 0.136. The highest BCUT2D eigenvalue weighted by Crippen LogP contribution is 2.48. The Balaban J connectivity index is 2.21. The van der Waals surface area contributed by atoms with E-state index in [1.807, 2.05) is 4.68 Å². The molecule has 3 nitrogen and oxygen atoms in total. The van der Waals surface area contributed by atoms with E-state index in [1.54, 1.807) is 6.20 Å². The lowest BCUT2D eigenvalue weighted by atomic mass is 10.1. The second-order valence-electron chi connectivity index (χ2n) is 4.42. The Bertz CT molecular complexity index is 350. The van der Waals surface area contributed by atoms with Crippen molar-refractivity contribution >= 4 is 15.9 Å². The van der Waals surface area contributed by atoms with E-state index < -0.39 is 0 Å². The van der Waals surface area contributed by atoms with Gasteiger partial charge in [-0.3, -0.25) is 4.68 Å². The number of halogens is 1. The maximum absolute atomic E-state index is 10.2. The predicted octanol–water partition coefficient (Wildman–Crippen LogP) is 2.75. The van der Waals surface area contributed by atoms with Crippen LogP contribution in [0.4, 0.5) is 0 Å². The molecule has 4 heteroatoms. The first kappa shape index (κ1) is 11.1. The quantitative estimate of drug-likeness (QED) is 0.916. The van der Waals surface area contributed by atoms with Gasteiger partial charge in [-0.15, -0.1) is 0 Å². The standard InChI is InChI=1S/C11H17BrN2O/c1-3-4-14-10(9(12)6-13-14)11(15)8-5-7(8)2/h6-8,11,15H,3-5H2,1-2H3. The lowest BCUT2D eigenvalue weighted by Gasteiger charge is -2.13. The van der Waals surface area contributed by atoms with Gasteiger partial charge in [0.25, 0.3) is 0 Å². The smallest absolute Gasteiger partial charge is 0.0998 e. The molecule has 0 saturated heterocycles. The van der Waals surface area contributed by atoms with Gasteiger partial charge in [-0.05, 0) is 40.6 Å². The zero-order chi connectivity index (χ0) is 11.0. The Labute approximate surface area is 98.6 Å². The molecule has 84 valence electrons. The highest BCUT2D eigenvalue weighted by molar-refractivity contribution is 9.10. The Kier molecular flexibility index (Phi) is 3.16. The van der Waals surface area contributed by atoms with Gasteiger partial charge in [-0.2, -0.15) is 5.10 Å². The van der Waals surface area contributed by atoms with Crippen molar-refractivity contribution in [1.29, 1.82) is 0 Å². The molecule has 0 aliphatic heterocycles. The van der Waals surface area contributed by atoms with Crippen LogP contribution in [0, 0.1) is 11.8 Å². The molecule has 1 aliphatic rings. The van der Waals surface area contributed by atoms with Gasteiger partial charge in [0, 0.05) is 6.54 Å². The summed E-state index contributed by atoms with van der Waals surface area (Å²) in [6, 6.07) is 0. The van der Waals surface area contributed by atoms with E-state index >= 15 is 0 Å². The van der Waals surface area contributed by atoms with Crippen molar-refractivity contribution in [2.75, 3.05) is 0 Å². The van der Waals surface area contributed by atoms with Gasteiger partial charge in [0.15, 0.2) is 0 Å². The number of aromatic nitrogens is 2. The van der Waals surface area contributed by atoms with Crippen LogP contribution in [0.3, 0.4) is 0 Å². The van der Waals surface area contributed by atoms with Crippen LogP contribution in [0.25, 0.3) is 0 Å². The summed E-state index contributed by atoms with van der Waals surface area (Å²) in [6.45, 7) is 5.17. The molecule has 1 aromatic rings. The van der Waals surface area contributed by atoms with E-state index in [0.29, 0.717) is 11.8 Å². The van der Waals surface area contributed by atoms with Crippen molar-refractivity contribution in [3.8, 4) is 0 Å². The Morgan fingerprint density at radius 3 is 2.93 bits per heavy atom. The SMILES string of the molecule is CCCn1ncc(Br)c1C(O)C1CC1C. The van der Waals surface area contributed by atoms with Crippen LogP contribution in [0.2, 0.25) is 0 Å². The van der Waals surface area contributed by atoms with E-state index in [4.69, 9.17) is 0 Å². The second kappa shape index (κ2) is 4.26. The van der Waals surface area contributed by atoms with Gasteiger partial charge in [0.05, 0.1) is 22.5 Å². The average Bonchev–Trinajstić information content (AvgIpc) is 2.81. The zero-order valence-electron chi connectivity index (χ0n) is 9.15. The summed E-state index contributed by atoms with van der Waals surface area (Å²) < 4.78 is 2.85. The Morgan fingerprint density at radius 1 is 1.73 bits per heavy atom. The molecule has 0 radical (unpaired) electrons. The summed E-state index contributed by atoms with van der Waals surface area (Å²) in [5.74, 6) is 1.07. The molecule has 15 heavy (non-hydrogen) atoms. The van der Waals surface area contributed by atoms with Gasteiger partial charge in [-0.1, -0.05) is 13.8 Å². The Hall–Kier alpha value is -0.350. The van der Waals surface area contributed by atoms with Crippen LogP contribution >= 0.6 is 15.9 Å². The molecule has 1 saturated carbocycles. The van der Waals surface area contributed by atoms with Crippen LogP contribution < -0.4 is 0 Å². The first-order valence-corrected chi connectivity index (χ1v) is 6.33. The van der Waals surface area contributed by atoms with Gasteiger partial charge in [0.2, 0.25) is 0 Å². The van der Waals surface area contributed by atoms with Crippen molar-refractivity contribution in [3.05, 3.63) is 16.4 Å². The first-order chi connectivity index (χ1) is 7.15. The number of hydrogen-bond acceptors (Lipinski definition) is 2. The van der Waals surface area contributed by atoms with Crippen LogP contribution in [0.1, 0.15) is 38.5 Å². The zero-order valence-corrected chi connectivity index (χ0v) is 10.7. The summed E-state index contributed by atoms with van der Waals surface area (Å²) in [5, 5.41) is 14.5. The molecule has 1 heterocycles. The fraction of sp³-hybridized carbons (Fsp3) is 0.727. The maximum atomic E-state index is 10.2. The number of nitrogens with zero attached hydrogens (tertiary/aromatic N) is 2. The molecule has 0 bridgehead atoms. The topological polar surface area (TPSA) is 38.0 Å². The van der Waals surface area contributed by atoms with Crippen molar-refractivity contribution < 1.29 is 5.11 Å². The summed E-state index contributed by atoms with van der Waals surface area (Å²) in [7, 11) is 0. The van der Waals surface area contributed by atoms with Gasteiger partial charge in [0.1, 0.15) is 0 Å². The minimum Gasteiger partial charge on any atom is -0.386 e. The molecule has 1 aliphatic carbocycles. The molecule has 0 amide bonds. The predicted molar refractivity (Wildman–Crippen MR) is 62.4 cm³/mol. The van der Waals surface area contributed by atoms with E-state index in [0.717, 1.165) is 29.6 Å². The molecular formula is C11H17BrN2O. The summed E-state index contributed by atoms with van der Waals surface area (Å²) in [4.78, 5) is 0. The second-order valence-corrected chi connectivity index (χ2v) is 5.28. The number of aliphatic hydroxyl groups is 1. The molecule has 0 aromatic carbocycles. The van der Waals surface area contributed by atoms with Crippen molar-refractivity contribution in [3.63, 3.8) is 0 Å². The minimum atomic E-state index is -0.358. The molecule has 3 atom stereocenters. The molecule has 2 rings (SSSR count). The minimum absolute atomic E-state index is 0.358. The van der Waals surface area contributed by atoms with E-state index in [-0.39, 0.29) is 6.10 Å². The van der Waals surface area contributed by atoms with Gasteiger partial charge >= 0.3 is 0 Å². The lowest BCUT2D eigenvalue weighted by Crippen LogP contribution is -2.11. The number of aliphatic hydroxyl groups excluding tert-OH is 1. The van der Waals surface area contributed by atoms with E-state index in [2.05, 4.69) is 34.9 Å². The maximum Gasteiger partial charge on any atom is 0.0998 e. The first-order valence-electron chi connectivity index (χ1n) is 5.54. The Morgan fingerprint density at radius 2 is 2.40 bits per heavy atom. The summed E-state index contributed by atoms with van der Waals surface area (Å²) in [5.41, 5.74) is 0.950. The van der Waals surface area contributed by atoms with Crippen LogP contribution in [0.15, 0.2) is 10.7 Å². The van der Waals surface area contributed by atoms with Gasteiger partial charge < -0.3 is 5.11 Å². The summed E-state index contributed by atoms with van der Waals surface area (Å²) in [6.07, 6.45) is 3.59. The number of rotatable bonds is 4. The fourth-order valence-electron chi connectivity index (χ4n) is 2.05. The molecular weight excluding hydrogens is 256 g/mol. The third kappa shape index (κ3) is 2.11. The molecule has 1 fully saturated rings. The average molecular weight is 273 g/mol. The van der Waals surface area contributed by atoms with Crippen LogP contribution in [-0.2, 0) is 6.54 Å². The molecule has 0 spiro atoms. The van der Waals surface area contributed by atoms with E-state index in [9.17, 15) is 5.11 Å². The summed E-state index contributed by atoms with van der Waals surface area (Å²) >= 11 is 3.46. The van der Waals surface area contributed by atoms with Crippen LogP contribution in [0.5, 0.6) is 0 Å². The van der Waals surface area contributed by atoms with Crippen molar-refractivity contribution in [2.24, 2.45) is 11.8 Å². The monoisotopic (exact) mass is 272 g/mol. The number of hydrogen-bond donors (Lipinski definition) is 1.